The number of morpholine rings is 1. The third-order valence-corrected chi connectivity index (χ3v) is 8.45. The number of aliphatic carboxylic acids is 1. The number of rotatable bonds is 5. The van der Waals surface area contributed by atoms with Crippen LogP contribution in [-0.4, -0.2) is 80.2 Å². The zero-order chi connectivity index (χ0) is 28.8. The van der Waals surface area contributed by atoms with Crippen molar-refractivity contribution in [3.05, 3.63) is 65.7 Å². The fourth-order valence-electron chi connectivity index (χ4n) is 4.55. The number of nitrogens with two attached hydrogens (primary N) is 1. The van der Waals surface area contributed by atoms with E-state index in [1.54, 1.807) is 18.2 Å². The van der Waals surface area contributed by atoms with Crippen LogP contribution < -0.4 is 5.73 Å². The van der Waals surface area contributed by atoms with Gasteiger partial charge in [0.25, 0.3) is 0 Å². The molecule has 13 heteroatoms. The first-order valence-electron chi connectivity index (χ1n) is 12.4. The zero-order valence-corrected chi connectivity index (χ0v) is 22.2. The van der Waals surface area contributed by atoms with E-state index in [2.05, 4.69) is 0 Å². The molecule has 2 aromatic carbocycles. The predicted molar refractivity (Wildman–Crippen MR) is 136 cm³/mol. The number of halogens is 3. The van der Waals surface area contributed by atoms with Gasteiger partial charge in [-0.15, -0.1) is 0 Å². The van der Waals surface area contributed by atoms with Gasteiger partial charge >= 0.3 is 12.1 Å². The minimum absolute atomic E-state index is 0.0125. The Bertz CT molecular complexity index is 1230. The van der Waals surface area contributed by atoms with Crippen LogP contribution in [0.3, 0.4) is 0 Å². The molecule has 2 saturated heterocycles. The van der Waals surface area contributed by atoms with Gasteiger partial charge in [0.1, 0.15) is 0 Å². The van der Waals surface area contributed by atoms with Crippen LogP contribution in [0.4, 0.5) is 13.2 Å². The van der Waals surface area contributed by atoms with Crippen molar-refractivity contribution in [2.45, 2.75) is 36.4 Å². The summed E-state index contributed by atoms with van der Waals surface area (Å²) in [5.41, 5.74) is 7.80. The molecule has 2 aliphatic heterocycles. The molecule has 9 nitrogen and oxygen atoms in total. The van der Waals surface area contributed by atoms with Crippen molar-refractivity contribution in [1.29, 1.82) is 0 Å². The molecule has 3 atom stereocenters. The summed E-state index contributed by atoms with van der Waals surface area (Å²) in [6, 6.07) is 16.4. The van der Waals surface area contributed by atoms with Gasteiger partial charge in [-0.1, -0.05) is 42.5 Å². The summed E-state index contributed by atoms with van der Waals surface area (Å²) in [5, 5.41) is 7.12. The van der Waals surface area contributed by atoms with E-state index in [4.69, 9.17) is 20.4 Å². The molecule has 2 aromatic rings. The Labute approximate surface area is 225 Å². The summed E-state index contributed by atoms with van der Waals surface area (Å²) in [4.78, 5) is 24.2. The average molecular weight is 572 g/mol. The molecule has 0 radical (unpaired) electrons. The maximum Gasteiger partial charge on any atom is 0.490 e. The van der Waals surface area contributed by atoms with Gasteiger partial charge in [0.05, 0.1) is 24.0 Å². The minimum atomic E-state index is -5.08. The van der Waals surface area contributed by atoms with Gasteiger partial charge in [0, 0.05) is 32.2 Å². The fraction of sp³-hybridized carbons (Fsp3) is 0.462. The lowest BCUT2D eigenvalue weighted by Gasteiger charge is -2.39. The molecule has 1 unspecified atom stereocenters. The number of piperidine rings is 1. The predicted octanol–water partition coefficient (Wildman–Crippen LogP) is 2.99. The topological polar surface area (TPSA) is 130 Å². The first-order chi connectivity index (χ1) is 18.3. The molecule has 2 aliphatic rings. The van der Waals surface area contributed by atoms with Crippen LogP contribution in [0.5, 0.6) is 0 Å². The van der Waals surface area contributed by atoms with Gasteiger partial charge in [0.2, 0.25) is 15.9 Å². The van der Waals surface area contributed by atoms with Crippen molar-refractivity contribution in [1.82, 2.24) is 9.21 Å². The van der Waals surface area contributed by atoms with Crippen LogP contribution >= 0.6 is 0 Å². The third kappa shape index (κ3) is 8.01. The van der Waals surface area contributed by atoms with E-state index in [1.807, 2.05) is 48.2 Å². The molecule has 1 amide bonds. The van der Waals surface area contributed by atoms with E-state index in [9.17, 15) is 26.4 Å². The number of hydrogen-bond acceptors (Lipinski definition) is 6. The van der Waals surface area contributed by atoms with E-state index < -0.39 is 28.1 Å². The highest BCUT2D eigenvalue weighted by molar-refractivity contribution is 7.89. The van der Waals surface area contributed by atoms with E-state index in [0.29, 0.717) is 39.3 Å². The monoisotopic (exact) mass is 571 g/mol. The molecular weight excluding hydrogens is 539 g/mol. The molecule has 214 valence electrons. The van der Waals surface area contributed by atoms with Crippen molar-refractivity contribution < 1.29 is 41.0 Å². The van der Waals surface area contributed by atoms with Crippen molar-refractivity contribution in [3.8, 4) is 0 Å². The lowest BCUT2D eigenvalue weighted by Crippen LogP contribution is -2.51. The second-order valence-electron chi connectivity index (χ2n) is 9.46. The molecule has 2 fully saturated rings. The smallest absolute Gasteiger partial charge is 0.475 e. The number of carbonyl (C=O) groups excluding carboxylic acids is 1. The summed E-state index contributed by atoms with van der Waals surface area (Å²) >= 11 is 0. The zero-order valence-electron chi connectivity index (χ0n) is 21.4. The SMILES string of the molecule is CC(N)c1cccc(S(=O)(=O)N2C[C@@H](C(=O)N3CCOCC3)C[C@H](c3ccccc3)C2)c1.O=C(O)C(F)(F)F. The van der Waals surface area contributed by atoms with E-state index in [-0.39, 0.29) is 29.3 Å². The number of carbonyl (C=O) groups is 2. The van der Waals surface area contributed by atoms with E-state index in [0.717, 1.165) is 11.1 Å². The summed E-state index contributed by atoms with van der Waals surface area (Å²) in [6.07, 6.45) is -4.45. The number of carboxylic acids is 1. The molecule has 2 heterocycles. The van der Waals surface area contributed by atoms with Gasteiger partial charge in [-0.2, -0.15) is 17.5 Å². The van der Waals surface area contributed by atoms with Gasteiger partial charge in [0.15, 0.2) is 0 Å². The van der Waals surface area contributed by atoms with Crippen LogP contribution in [0, 0.1) is 5.92 Å². The van der Waals surface area contributed by atoms with Crippen molar-refractivity contribution in [2.24, 2.45) is 11.7 Å². The van der Waals surface area contributed by atoms with E-state index in [1.165, 1.54) is 4.31 Å². The third-order valence-electron chi connectivity index (χ3n) is 6.62. The van der Waals surface area contributed by atoms with Crippen LogP contribution in [-0.2, 0) is 24.3 Å². The summed E-state index contributed by atoms with van der Waals surface area (Å²) < 4.78 is 65.8. The maximum atomic E-state index is 13.6. The molecule has 3 N–H and O–H groups in total. The fourth-order valence-corrected chi connectivity index (χ4v) is 6.14. The maximum absolute atomic E-state index is 13.6. The Balaban J connectivity index is 0.000000532. The van der Waals surface area contributed by atoms with Crippen LogP contribution in [0.15, 0.2) is 59.5 Å². The molecule has 4 rings (SSSR count). The number of hydrogen-bond donors (Lipinski definition) is 2. The van der Waals surface area contributed by atoms with Crippen LogP contribution in [0.1, 0.15) is 36.4 Å². The Morgan fingerprint density at radius 2 is 1.67 bits per heavy atom. The number of amides is 1. The summed E-state index contributed by atoms with van der Waals surface area (Å²) in [7, 11) is -3.77. The Morgan fingerprint density at radius 3 is 2.23 bits per heavy atom. The quantitative estimate of drug-likeness (QED) is 0.564. The van der Waals surface area contributed by atoms with Gasteiger partial charge in [-0.3, -0.25) is 4.79 Å². The highest BCUT2D eigenvalue weighted by Gasteiger charge is 2.40. The standard InChI is InChI=1S/C24H31N3O4S.C2HF3O2/c1-18(25)20-8-5-9-23(15-20)32(29,30)27-16-21(19-6-3-2-4-7-19)14-22(17-27)24(28)26-10-12-31-13-11-26;3-2(4,5)1(6)7/h2-9,15,18,21-22H,10-14,16-17,25H2,1H3;(H,6,7)/t18?,21-,22-;/m0./s1. The largest absolute Gasteiger partial charge is 0.490 e. The highest BCUT2D eigenvalue weighted by atomic mass is 32.2. The molecule has 0 spiro atoms. The number of sulfonamides is 1. The normalized spacial score (nSPS) is 21.4. The second kappa shape index (κ2) is 12.9. The Hall–Kier alpha value is -3.00. The first kappa shape index (κ1) is 30.5. The van der Waals surface area contributed by atoms with Gasteiger partial charge in [-0.25, -0.2) is 13.2 Å². The number of benzene rings is 2. The first-order valence-corrected chi connectivity index (χ1v) is 13.8. The number of alkyl halides is 3. The molecule has 0 bridgehead atoms. The van der Waals surface area contributed by atoms with E-state index >= 15 is 0 Å². The lowest BCUT2D eigenvalue weighted by atomic mass is 9.85. The number of nitrogens with zero attached hydrogens (tertiary/aromatic N) is 2. The molecule has 39 heavy (non-hydrogen) atoms. The summed E-state index contributed by atoms with van der Waals surface area (Å²) in [6.45, 7) is 4.50. The number of ether oxygens (including phenoxy) is 1. The molecule has 0 aliphatic carbocycles. The van der Waals surface area contributed by atoms with Crippen molar-refractivity contribution in [3.63, 3.8) is 0 Å². The second-order valence-corrected chi connectivity index (χ2v) is 11.4. The molecular formula is C26H32F3N3O6S. The van der Waals surface area contributed by atoms with Crippen LogP contribution in [0.2, 0.25) is 0 Å². The Kier molecular flexibility index (Phi) is 10.1. The van der Waals surface area contributed by atoms with Crippen molar-refractivity contribution in [2.75, 3.05) is 39.4 Å². The highest BCUT2D eigenvalue weighted by Crippen LogP contribution is 2.34. The van der Waals surface area contributed by atoms with Gasteiger partial charge < -0.3 is 20.5 Å². The van der Waals surface area contributed by atoms with Gasteiger partial charge in [-0.05, 0) is 42.5 Å². The van der Waals surface area contributed by atoms with Crippen LogP contribution in [0.25, 0.3) is 0 Å². The summed E-state index contributed by atoms with van der Waals surface area (Å²) in [5.74, 6) is -3.18. The lowest BCUT2D eigenvalue weighted by molar-refractivity contribution is -0.192. The Morgan fingerprint density at radius 1 is 1.05 bits per heavy atom. The molecule has 0 aromatic heterocycles. The minimum Gasteiger partial charge on any atom is -0.475 e. The van der Waals surface area contributed by atoms with Crippen molar-refractivity contribution >= 4 is 21.9 Å². The average Bonchev–Trinajstić information content (AvgIpc) is 2.93. The number of carboxylic acid groups (broad SMARTS) is 1. The molecule has 0 saturated carbocycles.